The van der Waals surface area contributed by atoms with Gasteiger partial charge in [0.15, 0.2) is 0 Å². The fourth-order valence-corrected chi connectivity index (χ4v) is 5.94. The Balaban J connectivity index is 1.50. The molecule has 4 aromatic carbocycles. The topological polar surface area (TPSA) is 45.1 Å². The maximum absolute atomic E-state index is 6.58. The Labute approximate surface area is 196 Å². The lowest BCUT2D eigenvalue weighted by Gasteiger charge is -2.19. The first-order valence-corrected chi connectivity index (χ1v) is 11.7. The van der Waals surface area contributed by atoms with Crippen molar-refractivity contribution >= 4 is 44.4 Å². The lowest BCUT2D eigenvalue weighted by molar-refractivity contribution is 0.276. The summed E-state index contributed by atoms with van der Waals surface area (Å²) in [5, 5.41) is 3.63. The summed E-state index contributed by atoms with van der Waals surface area (Å²) >= 11 is 0. The highest BCUT2D eigenvalue weighted by Gasteiger charge is 2.35. The van der Waals surface area contributed by atoms with Crippen molar-refractivity contribution in [2.45, 2.75) is 12.5 Å². The number of rotatable bonds is 1. The van der Waals surface area contributed by atoms with Crippen LogP contribution in [0.5, 0.6) is 5.75 Å². The van der Waals surface area contributed by atoms with Gasteiger partial charge in [0, 0.05) is 39.4 Å². The van der Waals surface area contributed by atoms with Gasteiger partial charge in [0.1, 0.15) is 11.9 Å². The third kappa shape index (κ3) is 2.22. The van der Waals surface area contributed by atoms with Crippen molar-refractivity contribution < 1.29 is 4.74 Å². The van der Waals surface area contributed by atoms with E-state index in [0.29, 0.717) is 0 Å². The summed E-state index contributed by atoms with van der Waals surface area (Å²) < 4.78 is 10.6. The van der Waals surface area contributed by atoms with Crippen LogP contribution in [-0.2, 0) is 6.42 Å². The Morgan fingerprint density at radius 1 is 0.735 bits per heavy atom. The number of hydrogen-bond donors (Lipinski definition) is 1. The summed E-state index contributed by atoms with van der Waals surface area (Å²) in [6.07, 6.45) is 3.23. The second-order valence-electron chi connectivity index (χ2n) is 9.21. The monoisotopic (exact) mass is 439 g/mol. The zero-order valence-corrected chi connectivity index (χ0v) is 18.4. The lowest BCUT2D eigenvalue weighted by atomic mass is 9.90. The summed E-state index contributed by atoms with van der Waals surface area (Å²) in [6, 6.07) is 31.9. The number of hydrogen-bond acceptors (Lipinski definition) is 2. The average Bonchev–Trinajstić information content (AvgIpc) is 3.50. The molecule has 0 saturated carbocycles. The summed E-state index contributed by atoms with van der Waals surface area (Å²) in [6.45, 7) is 0. The van der Waals surface area contributed by atoms with Gasteiger partial charge in [-0.05, 0) is 48.0 Å². The molecule has 0 saturated heterocycles. The highest BCUT2D eigenvalue weighted by Crippen LogP contribution is 2.46. The smallest absolute Gasteiger partial charge is 0.129 e. The van der Waals surface area contributed by atoms with Gasteiger partial charge in [-0.3, -0.25) is 4.68 Å². The van der Waals surface area contributed by atoms with Gasteiger partial charge in [-0.1, -0.05) is 54.6 Å². The fourth-order valence-electron chi connectivity index (χ4n) is 5.94. The predicted molar refractivity (Wildman–Crippen MR) is 139 cm³/mol. The van der Waals surface area contributed by atoms with Gasteiger partial charge in [-0.25, -0.2) is 0 Å². The molecule has 0 bridgehead atoms. The average molecular weight is 440 g/mol. The molecule has 1 aliphatic carbocycles. The normalized spacial score (nSPS) is 16.4. The highest BCUT2D eigenvalue weighted by atomic mass is 16.5. The van der Waals surface area contributed by atoms with Crippen LogP contribution in [0.25, 0.3) is 50.0 Å². The standard InChI is InChI=1S/C30H21N3O/c31-33-25-12-6-4-10-19(25)21-14-22-23-16-30-24(20-11-5-7-13-29(20)34-30)15-26(23)32(27(22)17-28(21)33)18-8-2-1-3-9-18/h1-15,17,30H,16,31H2. The van der Waals surface area contributed by atoms with E-state index >= 15 is 0 Å². The third-order valence-electron chi connectivity index (χ3n) is 7.45. The Bertz CT molecular complexity index is 1820. The summed E-state index contributed by atoms with van der Waals surface area (Å²) in [5.74, 6) is 7.56. The molecular formula is C30H21N3O. The number of aromatic nitrogens is 2. The van der Waals surface area contributed by atoms with Crippen LogP contribution in [0.1, 0.15) is 16.8 Å². The second kappa shape index (κ2) is 6.33. The van der Waals surface area contributed by atoms with Crippen molar-refractivity contribution in [3.8, 4) is 11.4 Å². The van der Waals surface area contributed by atoms with E-state index in [2.05, 4.69) is 89.5 Å². The van der Waals surface area contributed by atoms with E-state index in [1.54, 1.807) is 0 Å². The number of benzene rings is 4. The number of ether oxygens (including phenoxy) is 1. The fraction of sp³-hybridized carbons (Fsp3) is 0.0667. The molecule has 1 unspecified atom stereocenters. The first-order chi connectivity index (χ1) is 16.8. The van der Waals surface area contributed by atoms with E-state index in [4.69, 9.17) is 10.6 Å². The number of nitrogens with zero attached hydrogens (tertiary/aromatic N) is 2. The van der Waals surface area contributed by atoms with E-state index in [-0.39, 0.29) is 6.10 Å². The molecule has 3 heterocycles. The molecule has 6 aromatic rings. The highest BCUT2D eigenvalue weighted by molar-refractivity contribution is 6.14. The first kappa shape index (κ1) is 18.0. The second-order valence-corrected chi connectivity index (χ2v) is 9.21. The van der Waals surface area contributed by atoms with Gasteiger partial charge in [0.05, 0.1) is 22.2 Å². The van der Waals surface area contributed by atoms with Gasteiger partial charge < -0.3 is 15.1 Å². The van der Waals surface area contributed by atoms with Crippen LogP contribution in [0.4, 0.5) is 0 Å². The van der Waals surface area contributed by atoms with Gasteiger partial charge in [0.2, 0.25) is 0 Å². The van der Waals surface area contributed by atoms with Gasteiger partial charge in [0.25, 0.3) is 0 Å². The molecule has 4 nitrogen and oxygen atoms in total. The molecule has 8 rings (SSSR count). The molecule has 2 aromatic heterocycles. The van der Waals surface area contributed by atoms with E-state index < -0.39 is 0 Å². The van der Waals surface area contributed by atoms with Crippen LogP contribution in [0.2, 0.25) is 0 Å². The molecule has 4 heteroatoms. The molecule has 1 atom stereocenters. The van der Waals surface area contributed by atoms with E-state index in [1.165, 1.54) is 44.1 Å². The van der Waals surface area contributed by atoms with Crippen LogP contribution >= 0.6 is 0 Å². The number of fused-ring (bicyclic) bond motifs is 9. The van der Waals surface area contributed by atoms with Crippen LogP contribution in [-0.4, -0.2) is 15.3 Å². The first-order valence-electron chi connectivity index (χ1n) is 11.7. The molecule has 0 spiro atoms. The zero-order valence-electron chi connectivity index (χ0n) is 18.4. The van der Waals surface area contributed by atoms with Crippen LogP contribution < -0.4 is 10.6 Å². The Hall–Kier alpha value is -4.44. The maximum Gasteiger partial charge on any atom is 0.129 e. The predicted octanol–water partition coefficient (Wildman–Crippen LogP) is 6.31. The van der Waals surface area contributed by atoms with Crippen molar-refractivity contribution in [1.29, 1.82) is 0 Å². The minimum absolute atomic E-state index is 0.0475. The van der Waals surface area contributed by atoms with E-state index in [9.17, 15) is 0 Å². The molecule has 0 amide bonds. The molecule has 1 aliphatic heterocycles. The molecule has 0 fully saturated rings. The van der Waals surface area contributed by atoms with Crippen molar-refractivity contribution in [1.82, 2.24) is 9.24 Å². The maximum atomic E-state index is 6.58. The Morgan fingerprint density at radius 2 is 1.53 bits per heavy atom. The Morgan fingerprint density at radius 3 is 2.44 bits per heavy atom. The summed E-state index contributed by atoms with van der Waals surface area (Å²) in [4.78, 5) is 0. The summed E-state index contributed by atoms with van der Waals surface area (Å²) in [7, 11) is 0. The van der Waals surface area contributed by atoms with Crippen LogP contribution in [0.15, 0.2) is 91.0 Å². The quantitative estimate of drug-likeness (QED) is 0.305. The third-order valence-corrected chi connectivity index (χ3v) is 7.45. The molecule has 162 valence electrons. The minimum Gasteiger partial charge on any atom is -0.485 e. The molecule has 2 aliphatic rings. The van der Waals surface area contributed by atoms with E-state index in [0.717, 1.165) is 28.9 Å². The minimum atomic E-state index is 0.0475. The number of nitrogen functional groups attached to an aromatic ring is 1. The van der Waals surface area contributed by atoms with Crippen molar-refractivity contribution in [2.24, 2.45) is 0 Å². The van der Waals surface area contributed by atoms with E-state index in [1.807, 2.05) is 16.8 Å². The molecule has 2 N–H and O–H groups in total. The number of nitrogens with two attached hydrogens (primary N) is 1. The van der Waals surface area contributed by atoms with Crippen LogP contribution in [0.3, 0.4) is 0 Å². The summed E-state index contributed by atoms with van der Waals surface area (Å²) in [5.41, 5.74) is 9.43. The SMILES string of the molecule is Nn1c2ccccc2c2cc3c4c(n(-c5ccccc5)c3cc21)C=C1c2ccccc2OC1C4. The van der Waals surface area contributed by atoms with Crippen molar-refractivity contribution in [2.75, 3.05) is 5.84 Å². The van der Waals surface area contributed by atoms with Crippen molar-refractivity contribution in [3.63, 3.8) is 0 Å². The van der Waals surface area contributed by atoms with Gasteiger partial charge >= 0.3 is 0 Å². The largest absolute Gasteiger partial charge is 0.485 e. The van der Waals surface area contributed by atoms with Crippen molar-refractivity contribution in [3.05, 3.63) is 108 Å². The molecular weight excluding hydrogens is 418 g/mol. The lowest BCUT2D eigenvalue weighted by Crippen LogP contribution is -2.19. The zero-order chi connectivity index (χ0) is 22.4. The number of para-hydroxylation sites is 3. The van der Waals surface area contributed by atoms with Gasteiger partial charge in [-0.15, -0.1) is 0 Å². The van der Waals surface area contributed by atoms with Crippen LogP contribution in [0, 0.1) is 0 Å². The molecule has 34 heavy (non-hydrogen) atoms. The Kier molecular flexibility index (Phi) is 3.36. The molecule has 0 radical (unpaired) electrons. The van der Waals surface area contributed by atoms with Gasteiger partial charge in [-0.2, -0.15) is 0 Å².